The van der Waals surface area contributed by atoms with Gasteiger partial charge in [-0.05, 0) is 6.07 Å². The zero-order valence-corrected chi connectivity index (χ0v) is 6.67. The van der Waals surface area contributed by atoms with Gasteiger partial charge in [-0.3, -0.25) is 4.74 Å². The highest BCUT2D eigenvalue weighted by Gasteiger charge is 2.29. The van der Waals surface area contributed by atoms with E-state index >= 15 is 0 Å². The van der Waals surface area contributed by atoms with Crippen LogP contribution in [0.5, 0.6) is 0 Å². The Morgan fingerprint density at radius 2 is 2.21 bits per heavy atom. The van der Waals surface area contributed by atoms with Crippen LogP contribution in [-0.2, 0) is 11.3 Å². The molecule has 7 heteroatoms. The van der Waals surface area contributed by atoms with Gasteiger partial charge in [0.05, 0.1) is 5.56 Å². The first-order valence-corrected chi connectivity index (χ1v) is 3.40. The van der Waals surface area contributed by atoms with Gasteiger partial charge in [-0.15, -0.1) is 13.2 Å². The lowest BCUT2D eigenvalue weighted by atomic mass is 10.3. The fraction of sp³-hybridized carbons (Fsp3) is 0.286. The molecule has 0 aliphatic rings. The number of ether oxygens (including phenoxy) is 1. The normalized spacial score (nSPS) is 11.6. The Bertz CT molecular complexity index is 328. The molecule has 0 saturated heterocycles. The molecule has 0 aliphatic heterocycles. The second-order valence-electron chi connectivity index (χ2n) is 2.34. The van der Waals surface area contributed by atoms with Crippen molar-refractivity contribution in [3.63, 3.8) is 0 Å². The summed E-state index contributed by atoms with van der Waals surface area (Å²) < 4.78 is 42.5. The fourth-order valence-electron chi connectivity index (χ4n) is 0.721. The van der Waals surface area contributed by atoms with Crippen molar-refractivity contribution in [1.29, 1.82) is 0 Å². The predicted molar refractivity (Wildman–Crippen MR) is 36.5 cm³/mol. The topological polar surface area (TPSA) is 59.7 Å². The van der Waals surface area contributed by atoms with Gasteiger partial charge in [-0.1, -0.05) is 0 Å². The van der Waals surface area contributed by atoms with Crippen molar-refractivity contribution in [1.82, 2.24) is 0 Å². The maximum atomic E-state index is 11.5. The Labute approximate surface area is 75.9 Å². The number of aromatic carboxylic acids is 1. The van der Waals surface area contributed by atoms with Crippen LogP contribution >= 0.6 is 0 Å². The van der Waals surface area contributed by atoms with Gasteiger partial charge in [0.25, 0.3) is 0 Å². The highest BCUT2D eigenvalue weighted by molar-refractivity contribution is 5.87. The lowest BCUT2D eigenvalue weighted by Gasteiger charge is -2.04. The molecule has 0 bridgehead atoms. The lowest BCUT2D eigenvalue weighted by Crippen LogP contribution is -2.12. The van der Waals surface area contributed by atoms with Gasteiger partial charge in [0.15, 0.2) is 0 Å². The smallest absolute Gasteiger partial charge is 0.478 e. The molecular weight excluding hydrogens is 205 g/mol. The van der Waals surface area contributed by atoms with Gasteiger partial charge in [-0.2, -0.15) is 0 Å². The van der Waals surface area contributed by atoms with Crippen LogP contribution in [0.1, 0.15) is 16.1 Å². The van der Waals surface area contributed by atoms with Gasteiger partial charge >= 0.3 is 12.3 Å². The van der Waals surface area contributed by atoms with E-state index in [1.54, 1.807) is 0 Å². The van der Waals surface area contributed by atoms with Gasteiger partial charge in [-0.25, -0.2) is 4.79 Å². The van der Waals surface area contributed by atoms with E-state index in [2.05, 4.69) is 9.15 Å². The van der Waals surface area contributed by atoms with E-state index in [1.165, 1.54) is 0 Å². The molecule has 0 unspecified atom stereocenters. The molecule has 0 atom stereocenters. The molecule has 0 spiro atoms. The van der Waals surface area contributed by atoms with Crippen LogP contribution in [0.25, 0.3) is 0 Å². The molecule has 0 aliphatic carbocycles. The summed E-state index contributed by atoms with van der Waals surface area (Å²) in [6.45, 7) is -0.837. The van der Waals surface area contributed by atoms with E-state index in [0.717, 1.165) is 12.3 Å². The Morgan fingerprint density at radius 1 is 1.57 bits per heavy atom. The predicted octanol–water partition coefficient (Wildman–Crippen LogP) is 2.01. The third-order valence-corrected chi connectivity index (χ3v) is 1.28. The summed E-state index contributed by atoms with van der Waals surface area (Å²) in [5.74, 6) is -1.47. The number of carbonyl (C=O) groups is 1. The van der Waals surface area contributed by atoms with Crippen molar-refractivity contribution >= 4 is 5.97 Å². The van der Waals surface area contributed by atoms with Gasteiger partial charge in [0, 0.05) is 0 Å². The van der Waals surface area contributed by atoms with Crippen LogP contribution in [0.4, 0.5) is 13.2 Å². The van der Waals surface area contributed by atoms with Crippen LogP contribution < -0.4 is 0 Å². The number of halogens is 3. The summed E-state index contributed by atoms with van der Waals surface area (Å²) in [7, 11) is 0. The molecular formula is C7H5F3O4. The molecule has 0 radical (unpaired) electrons. The van der Waals surface area contributed by atoms with Crippen molar-refractivity contribution in [3.8, 4) is 0 Å². The lowest BCUT2D eigenvalue weighted by molar-refractivity contribution is -0.331. The highest BCUT2D eigenvalue weighted by Crippen LogP contribution is 2.19. The molecule has 1 rings (SSSR count). The minimum atomic E-state index is -4.75. The number of furan rings is 1. The van der Waals surface area contributed by atoms with Crippen molar-refractivity contribution < 1.29 is 32.2 Å². The van der Waals surface area contributed by atoms with Crippen LogP contribution in [0.15, 0.2) is 16.7 Å². The minimum absolute atomic E-state index is 0.195. The van der Waals surface area contributed by atoms with Gasteiger partial charge in [0.1, 0.15) is 18.6 Å². The van der Waals surface area contributed by atoms with E-state index in [0.29, 0.717) is 0 Å². The Kier molecular flexibility index (Phi) is 2.80. The van der Waals surface area contributed by atoms with E-state index in [-0.39, 0.29) is 11.3 Å². The molecule has 1 N–H and O–H groups in total. The number of alkyl halides is 3. The quantitative estimate of drug-likeness (QED) is 0.828. The van der Waals surface area contributed by atoms with Crippen LogP contribution in [0, 0.1) is 0 Å². The standard InChI is InChI=1S/C7H5F3O4/c8-7(9,10)14-3-5-1-4(2-13-5)6(11)12/h1-2H,3H2,(H,11,12). The van der Waals surface area contributed by atoms with Crippen molar-refractivity contribution in [2.75, 3.05) is 0 Å². The zero-order valence-electron chi connectivity index (χ0n) is 6.67. The first kappa shape index (κ1) is 10.6. The highest BCUT2D eigenvalue weighted by atomic mass is 19.4. The minimum Gasteiger partial charge on any atom is -0.478 e. The van der Waals surface area contributed by atoms with Gasteiger partial charge < -0.3 is 9.52 Å². The second-order valence-corrected chi connectivity index (χ2v) is 2.34. The van der Waals surface area contributed by atoms with E-state index in [9.17, 15) is 18.0 Å². The third kappa shape index (κ3) is 3.09. The number of carboxylic acids is 1. The third-order valence-electron chi connectivity index (χ3n) is 1.28. The van der Waals surface area contributed by atoms with E-state index in [1.807, 2.05) is 0 Å². The SMILES string of the molecule is O=C(O)c1coc(COC(F)(F)F)c1. The van der Waals surface area contributed by atoms with Crippen molar-refractivity contribution in [3.05, 3.63) is 23.7 Å². The molecule has 0 aromatic carbocycles. The molecule has 1 aromatic rings. The average Bonchev–Trinajstić information content (AvgIpc) is 2.47. The largest absolute Gasteiger partial charge is 0.522 e. The molecule has 14 heavy (non-hydrogen) atoms. The maximum absolute atomic E-state index is 11.5. The molecule has 4 nitrogen and oxygen atoms in total. The molecule has 0 saturated carbocycles. The summed E-state index contributed by atoms with van der Waals surface area (Å²) in [4.78, 5) is 10.3. The van der Waals surface area contributed by atoms with Crippen LogP contribution in [0.3, 0.4) is 0 Å². The monoisotopic (exact) mass is 210 g/mol. The Hall–Kier alpha value is -1.50. The number of hydrogen-bond donors (Lipinski definition) is 1. The fourth-order valence-corrected chi connectivity index (χ4v) is 0.721. The van der Waals surface area contributed by atoms with E-state index < -0.39 is 18.9 Å². The maximum Gasteiger partial charge on any atom is 0.522 e. The van der Waals surface area contributed by atoms with Crippen molar-refractivity contribution in [2.24, 2.45) is 0 Å². The number of rotatable bonds is 3. The molecule has 1 heterocycles. The molecule has 0 amide bonds. The van der Waals surface area contributed by atoms with E-state index in [4.69, 9.17) is 5.11 Å². The molecule has 1 aromatic heterocycles. The Balaban J connectivity index is 2.56. The van der Waals surface area contributed by atoms with Crippen molar-refractivity contribution in [2.45, 2.75) is 13.0 Å². The second kappa shape index (κ2) is 3.70. The number of carboxylic acid groups (broad SMARTS) is 1. The summed E-state index contributed by atoms with van der Waals surface area (Å²) in [6.07, 6.45) is -3.91. The van der Waals surface area contributed by atoms with Crippen LogP contribution in [0.2, 0.25) is 0 Å². The Morgan fingerprint density at radius 3 is 2.64 bits per heavy atom. The van der Waals surface area contributed by atoms with Crippen LogP contribution in [-0.4, -0.2) is 17.4 Å². The molecule has 0 fully saturated rings. The first-order valence-electron chi connectivity index (χ1n) is 3.40. The summed E-state index contributed by atoms with van der Waals surface area (Å²) in [5, 5.41) is 8.40. The number of hydrogen-bond acceptors (Lipinski definition) is 3. The zero-order chi connectivity index (χ0) is 10.8. The summed E-state index contributed by atoms with van der Waals surface area (Å²) in [5.41, 5.74) is -0.217. The molecule has 78 valence electrons. The average molecular weight is 210 g/mol. The van der Waals surface area contributed by atoms with Gasteiger partial charge in [0.2, 0.25) is 0 Å². The first-order chi connectivity index (χ1) is 6.38. The summed E-state index contributed by atoms with van der Waals surface area (Å²) in [6, 6.07) is 0.966. The summed E-state index contributed by atoms with van der Waals surface area (Å²) >= 11 is 0.